The van der Waals surface area contributed by atoms with Crippen LogP contribution in [0.5, 0.6) is 5.75 Å². The minimum atomic E-state index is -1.87. The molecule has 2 aromatic heterocycles. The molecule has 2 amide bonds. The summed E-state index contributed by atoms with van der Waals surface area (Å²) >= 11 is 1.55. The number of benzene rings is 1. The monoisotopic (exact) mass is 543 g/mol. The third-order valence-corrected chi connectivity index (χ3v) is 13.0. The minimum Gasteiger partial charge on any atom is -0.488 e. The number of carbonyl (C=O) groups excluding carboxylic acids is 2. The number of thiazole rings is 1. The van der Waals surface area contributed by atoms with Crippen molar-refractivity contribution in [1.82, 2.24) is 15.2 Å². The number of aryl methyl sites for hydroxylation is 2. The van der Waals surface area contributed by atoms with Crippen molar-refractivity contribution < 1.29 is 23.2 Å². The molecule has 3 heterocycles. The SMILES string of the molecule is Cc1ncsc1COc1ccc2oc(C)c(C(=O)NC3CCN(CCO[Si](C)(C)C(C)(C)C)C3=O)c2c1. The molecule has 1 aliphatic rings. The molecular formula is C27H37N3O5SSi. The van der Waals surface area contributed by atoms with Gasteiger partial charge in [0.05, 0.1) is 28.3 Å². The fraction of sp³-hybridized carbons (Fsp3) is 0.519. The number of aromatic nitrogens is 1. The molecule has 0 bridgehead atoms. The second-order valence-electron chi connectivity index (χ2n) is 11.1. The van der Waals surface area contributed by atoms with Crippen LogP contribution < -0.4 is 10.1 Å². The van der Waals surface area contributed by atoms with Crippen molar-refractivity contribution in [3.63, 3.8) is 0 Å². The van der Waals surface area contributed by atoms with Crippen molar-refractivity contribution in [2.24, 2.45) is 0 Å². The summed E-state index contributed by atoms with van der Waals surface area (Å²) in [6.45, 7) is 16.8. The van der Waals surface area contributed by atoms with Crippen LogP contribution in [-0.4, -0.2) is 55.8 Å². The molecule has 200 valence electrons. The lowest BCUT2D eigenvalue weighted by molar-refractivity contribution is -0.129. The summed E-state index contributed by atoms with van der Waals surface area (Å²) in [4.78, 5) is 33.4. The molecule has 1 fully saturated rings. The number of likely N-dealkylation sites (tertiary alicyclic amines) is 1. The minimum absolute atomic E-state index is 0.0680. The fourth-order valence-electron chi connectivity index (χ4n) is 4.14. The Kier molecular flexibility index (Phi) is 7.82. The van der Waals surface area contributed by atoms with Crippen LogP contribution in [0.4, 0.5) is 0 Å². The highest BCUT2D eigenvalue weighted by Gasteiger charge is 2.38. The van der Waals surface area contributed by atoms with Crippen molar-refractivity contribution in [2.45, 2.75) is 71.8 Å². The second-order valence-corrected chi connectivity index (χ2v) is 16.8. The molecule has 0 spiro atoms. The Morgan fingerprint density at radius 1 is 1.30 bits per heavy atom. The second kappa shape index (κ2) is 10.6. The molecule has 0 aliphatic carbocycles. The number of fused-ring (bicyclic) bond motifs is 1. The largest absolute Gasteiger partial charge is 0.488 e. The lowest BCUT2D eigenvalue weighted by Crippen LogP contribution is -2.44. The van der Waals surface area contributed by atoms with Gasteiger partial charge in [0.25, 0.3) is 5.91 Å². The first-order chi connectivity index (χ1) is 17.4. The predicted molar refractivity (Wildman–Crippen MR) is 148 cm³/mol. The average molecular weight is 544 g/mol. The highest BCUT2D eigenvalue weighted by atomic mass is 32.1. The highest BCUT2D eigenvalue weighted by molar-refractivity contribution is 7.09. The number of hydrogen-bond donors (Lipinski definition) is 1. The average Bonchev–Trinajstić information content (AvgIpc) is 3.48. The van der Waals surface area contributed by atoms with Crippen LogP contribution in [0.2, 0.25) is 18.1 Å². The maximum absolute atomic E-state index is 13.3. The van der Waals surface area contributed by atoms with Crippen molar-refractivity contribution in [1.29, 1.82) is 0 Å². The number of amides is 2. The topological polar surface area (TPSA) is 93.9 Å². The van der Waals surface area contributed by atoms with E-state index < -0.39 is 14.4 Å². The maximum Gasteiger partial charge on any atom is 0.256 e. The third-order valence-electron chi connectivity index (χ3n) is 7.51. The molecule has 1 unspecified atom stereocenters. The molecule has 37 heavy (non-hydrogen) atoms. The molecule has 1 aliphatic heterocycles. The van der Waals surface area contributed by atoms with Crippen molar-refractivity contribution in [2.75, 3.05) is 19.7 Å². The van der Waals surface area contributed by atoms with Gasteiger partial charge in [-0.15, -0.1) is 11.3 Å². The molecule has 1 saturated heterocycles. The van der Waals surface area contributed by atoms with E-state index in [9.17, 15) is 9.59 Å². The van der Waals surface area contributed by atoms with E-state index in [0.717, 1.165) is 10.6 Å². The quantitative estimate of drug-likeness (QED) is 0.361. The zero-order valence-corrected chi connectivity index (χ0v) is 24.6. The van der Waals surface area contributed by atoms with E-state index in [-0.39, 0.29) is 16.9 Å². The Labute approximate surface area is 223 Å². The summed E-state index contributed by atoms with van der Waals surface area (Å²) in [5, 5.41) is 3.72. The molecule has 1 atom stereocenters. The molecule has 0 saturated carbocycles. The summed E-state index contributed by atoms with van der Waals surface area (Å²) in [5.74, 6) is 0.763. The van der Waals surface area contributed by atoms with Crippen molar-refractivity contribution >= 4 is 42.4 Å². The molecule has 1 N–H and O–H groups in total. The molecule has 3 aromatic rings. The van der Waals surface area contributed by atoms with Gasteiger partial charge in [-0.3, -0.25) is 9.59 Å². The third kappa shape index (κ3) is 5.91. The summed E-state index contributed by atoms with van der Waals surface area (Å²) in [7, 11) is -1.87. The summed E-state index contributed by atoms with van der Waals surface area (Å²) in [5.41, 5.74) is 3.78. The van der Waals surface area contributed by atoms with Crippen LogP contribution in [0.15, 0.2) is 28.1 Å². The zero-order chi connectivity index (χ0) is 27.0. The van der Waals surface area contributed by atoms with Crippen LogP contribution in [-0.2, 0) is 15.8 Å². The fourth-order valence-corrected chi connectivity index (χ4v) is 5.86. The Hall–Kier alpha value is -2.69. The Morgan fingerprint density at radius 3 is 2.73 bits per heavy atom. The van der Waals surface area contributed by atoms with Gasteiger partial charge >= 0.3 is 0 Å². The van der Waals surface area contributed by atoms with E-state index in [1.165, 1.54) is 0 Å². The Morgan fingerprint density at radius 2 is 2.05 bits per heavy atom. The highest BCUT2D eigenvalue weighted by Crippen LogP contribution is 2.36. The number of nitrogens with zero attached hydrogens (tertiary/aromatic N) is 2. The van der Waals surface area contributed by atoms with E-state index in [1.54, 1.807) is 34.7 Å². The zero-order valence-electron chi connectivity index (χ0n) is 22.8. The first-order valence-corrected chi connectivity index (χ1v) is 16.4. The van der Waals surface area contributed by atoms with Crippen LogP contribution in [0, 0.1) is 13.8 Å². The lowest BCUT2D eigenvalue weighted by atomic mass is 10.1. The lowest BCUT2D eigenvalue weighted by Gasteiger charge is -2.36. The van der Waals surface area contributed by atoms with E-state index >= 15 is 0 Å². The number of nitrogens with one attached hydrogen (secondary N) is 1. The number of ether oxygens (including phenoxy) is 1. The normalized spacial score (nSPS) is 16.6. The Balaban J connectivity index is 1.39. The Bertz CT molecular complexity index is 1290. The van der Waals surface area contributed by atoms with Gasteiger partial charge in [-0.05, 0) is 56.6 Å². The summed E-state index contributed by atoms with van der Waals surface area (Å²) in [6, 6.07) is 4.89. The number of furan rings is 1. The van der Waals surface area contributed by atoms with Gasteiger partial charge in [-0.2, -0.15) is 0 Å². The molecule has 1 aromatic carbocycles. The van der Waals surface area contributed by atoms with Crippen molar-refractivity contribution in [3.8, 4) is 5.75 Å². The molecule has 0 radical (unpaired) electrons. The molecule has 4 rings (SSSR count). The van der Waals surface area contributed by atoms with Crippen LogP contribution in [0.1, 0.15) is 53.9 Å². The van der Waals surface area contributed by atoms with E-state index in [1.807, 2.05) is 19.1 Å². The molecule has 10 heteroatoms. The standard InChI is InChI=1S/C27H37N3O5SSi/c1-17-23(36-16-28-17)15-33-19-8-9-22-20(14-19)24(18(2)35-22)25(31)29-21-10-11-30(26(21)32)12-13-34-37(6,7)27(3,4)5/h8-9,14,16,21H,10-13,15H2,1-7H3,(H,29,31). The van der Waals surface area contributed by atoms with Gasteiger partial charge in [0.2, 0.25) is 5.91 Å². The number of carbonyl (C=O) groups is 2. The van der Waals surface area contributed by atoms with Gasteiger partial charge in [-0.1, -0.05) is 20.8 Å². The first-order valence-electron chi connectivity index (χ1n) is 12.7. The predicted octanol–water partition coefficient (Wildman–Crippen LogP) is 5.44. The van der Waals surface area contributed by atoms with E-state index in [0.29, 0.717) is 60.8 Å². The maximum atomic E-state index is 13.3. The summed E-state index contributed by atoms with van der Waals surface area (Å²) in [6.07, 6.45) is 0.571. The summed E-state index contributed by atoms with van der Waals surface area (Å²) < 4.78 is 18.0. The van der Waals surface area contributed by atoms with Crippen molar-refractivity contribution in [3.05, 3.63) is 45.6 Å². The first kappa shape index (κ1) is 27.3. The number of hydrogen-bond acceptors (Lipinski definition) is 7. The van der Waals surface area contributed by atoms with Crippen LogP contribution >= 0.6 is 11.3 Å². The van der Waals surface area contributed by atoms with E-state index in [4.69, 9.17) is 13.6 Å². The smallest absolute Gasteiger partial charge is 0.256 e. The number of rotatable bonds is 9. The molecular weight excluding hydrogens is 506 g/mol. The van der Waals surface area contributed by atoms with E-state index in [2.05, 4.69) is 44.2 Å². The molecule has 8 nitrogen and oxygen atoms in total. The van der Waals surface area contributed by atoms with Gasteiger partial charge in [0.1, 0.15) is 29.7 Å². The van der Waals surface area contributed by atoms with Gasteiger partial charge in [0.15, 0.2) is 8.32 Å². The van der Waals surface area contributed by atoms with Gasteiger partial charge in [0, 0.05) is 18.5 Å². The van der Waals surface area contributed by atoms with Crippen LogP contribution in [0.3, 0.4) is 0 Å². The van der Waals surface area contributed by atoms with Crippen LogP contribution in [0.25, 0.3) is 11.0 Å². The van der Waals surface area contributed by atoms with Gasteiger partial charge < -0.3 is 23.8 Å². The van der Waals surface area contributed by atoms with Gasteiger partial charge in [-0.25, -0.2) is 4.98 Å².